The summed E-state index contributed by atoms with van der Waals surface area (Å²) in [7, 11) is 0. The van der Waals surface area contributed by atoms with Crippen molar-refractivity contribution in [1.29, 1.82) is 0 Å². The summed E-state index contributed by atoms with van der Waals surface area (Å²) in [5.41, 5.74) is 0. The van der Waals surface area contributed by atoms with Crippen LogP contribution in [0.25, 0.3) is 0 Å². The van der Waals surface area contributed by atoms with E-state index in [1.54, 1.807) is 6.08 Å². The van der Waals surface area contributed by atoms with E-state index in [9.17, 15) is 30.3 Å². The highest BCUT2D eigenvalue weighted by atomic mass is 16.7. The molecule has 1 heterocycles. The number of nitrogens with one attached hydrogen (secondary N) is 1. The van der Waals surface area contributed by atoms with Crippen molar-refractivity contribution in [2.24, 2.45) is 0 Å². The maximum atomic E-state index is 12.9. The number of amides is 1. The number of allylic oxidation sites excluding steroid dienone is 17. The maximum absolute atomic E-state index is 12.9. The lowest BCUT2D eigenvalue weighted by Crippen LogP contribution is -2.60. The Morgan fingerprint density at radius 3 is 1.35 bits per heavy atom. The molecule has 7 atom stereocenters. The van der Waals surface area contributed by atoms with E-state index < -0.39 is 49.5 Å². The van der Waals surface area contributed by atoms with Crippen molar-refractivity contribution >= 4 is 5.91 Å². The van der Waals surface area contributed by atoms with Gasteiger partial charge in [-0.3, -0.25) is 4.79 Å². The summed E-state index contributed by atoms with van der Waals surface area (Å²) in [6.07, 6.45) is 63.5. The second-order valence-corrected chi connectivity index (χ2v) is 18.3. The average molecular weight is 950 g/mol. The molecule has 0 radical (unpaired) electrons. The molecule has 1 fully saturated rings. The van der Waals surface area contributed by atoms with Crippen molar-refractivity contribution in [3.05, 3.63) is 109 Å². The number of carbonyl (C=O) groups excluding carboxylic acids is 1. The SMILES string of the molecule is CC/C=C\C/C=C\C/C=C\C/C=C\C/C=C\C/C=C\C/C=C\C/C=C\CCCCCCCCCCCCCCCCC(=O)NC(COC1OC(CO)C(O)C(O)C1O)C(O)/C=C/CCCCCC. The molecule has 0 aliphatic carbocycles. The first-order valence-corrected chi connectivity index (χ1v) is 27.1. The number of hydrogen-bond acceptors (Lipinski definition) is 8. The van der Waals surface area contributed by atoms with Crippen LogP contribution in [0.4, 0.5) is 0 Å². The van der Waals surface area contributed by atoms with Crippen LogP contribution in [0.1, 0.15) is 200 Å². The summed E-state index contributed by atoms with van der Waals surface area (Å²) in [5, 5.41) is 53.9. The summed E-state index contributed by atoms with van der Waals surface area (Å²) in [5.74, 6) is -0.188. The Labute approximate surface area is 415 Å². The lowest BCUT2D eigenvalue weighted by Gasteiger charge is -2.40. The molecule has 6 N–H and O–H groups in total. The Balaban J connectivity index is 2.04. The van der Waals surface area contributed by atoms with Gasteiger partial charge < -0.3 is 40.3 Å². The minimum absolute atomic E-state index is 0.188. The van der Waals surface area contributed by atoms with Crippen LogP contribution in [0, 0.1) is 0 Å². The second kappa shape index (κ2) is 47.5. The Kier molecular flexibility index (Phi) is 43.9. The first-order chi connectivity index (χ1) is 33.3. The zero-order chi connectivity index (χ0) is 49.4. The molecule has 0 saturated carbocycles. The third kappa shape index (κ3) is 36.8. The molecule has 0 bridgehead atoms. The number of carbonyl (C=O) groups is 1. The van der Waals surface area contributed by atoms with E-state index in [4.69, 9.17) is 9.47 Å². The fourth-order valence-corrected chi connectivity index (χ4v) is 7.82. The number of unbranched alkanes of at least 4 members (excludes halogenated alkanes) is 18. The largest absolute Gasteiger partial charge is 0.394 e. The standard InChI is InChI=1S/C59H99NO8/c1-3-5-7-9-11-12-13-14-15-16-17-18-19-20-21-22-23-24-25-26-27-28-29-30-31-32-33-34-35-36-37-38-39-40-41-42-43-45-47-49-55(63)60-52(53(62)48-46-44-10-8-6-4-2)51-67-59-58(66)57(65)56(64)54(50-61)68-59/h5,7,11-12,14-15,17-18,20-21,23-24,26-27,29-30,46,48,52-54,56-59,61-62,64-66H,3-4,6,8-10,13,16,19,22,25,28,31-45,47,49-51H2,1-2H3,(H,60,63)/b7-5-,12-11-,15-14-,18-17-,21-20-,24-23-,27-26-,30-29-,48-46+. The predicted molar refractivity (Wildman–Crippen MR) is 285 cm³/mol. The Morgan fingerprint density at radius 1 is 0.515 bits per heavy atom. The van der Waals surface area contributed by atoms with Gasteiger partial charge in [-0.05, 0) is 83.5 Å². The van der Waals surface area contributed by atoms with Gasteiger partial charge in [0.25, 0.3) is 0 Å². The van der Waals surface area contributed by atoms with Gasteiger partial charge in [-0.15, -0.1) is 0 Å². The summed E-state index contributed by atoms with van der Waals surface area (Å²) >= 11 is 0. The molecule has 388 valence electrons. The molecular weight excluding hydrogens is 851 g/mol. The van der Waals surface area contributed by atoms with Crippen molar-refractivity contribution in [2.75, 3.05) is 13.2 Å². The van der Waals surface area contributed by atoms with Crippen molar-refractivity contribution < 1.29 is 39.8 Å². The van der Waals surface area contributed by atoms with E-state index in [1.807, 2.05) is 6.08 Å². The normalized spacial score (nSPS) is 20.5. The van der Waals surface area contributed by atoms with Gasteiger partial charge in [-0.2, -0.15) is 0 Å². The third-order valence-corrected chi connectivity index (χ3v) is 12.1. The van der Waals surface area contributed by atoms with Crippen LogP contribution < -0.4 is 5.32 Å². The summed E-state index contributed by atoms with van der Waals surface area (Å²) < 4.78 is 11.1. The number of ether oxygens (including phenoxy) is 2. The summed E-state index contributed by atoms with van der Waals surface area (Å²) in [6, 6.07) is -0.807. The van der Waals surface area contributed by atoms with E-state index in [0.717, 1.165) is 103 Å². The van der Waals surface area contributed by atoms with Gasteiger partial charge in [-0.25, -0.2) is 0 Å². The van der Waals surface area contributed by atoms with Crippen molar-refractivity contribution in [3.8, 4) is 0 Å². The molecule has 0 spiro atoms. The molecule has 1 rings (SSSR count). The topological polar surface area (TPSA) is 149 Å². The van der Waals surface area contributed by atoms with Crippen LogP contribution in [0.5, 0.6) is 0 Å². The molecule has 1 aliphatic heterocycles. The van der Waals surface area contributed by atoms with Gasteiger partial charge in [0.1, 0.15) is 24.4 Å². The Hall–Kier alpha value is -3.15. The Morgan fingerprint density at radius 2 is 0.912 bits per heavy atom. The van der Waals surface area contributed by atoms with Gasteiger partial charge in [0.15, 0.2) is 6.29 Å². The molecule has 1 amide bonds. The van der Waals surface area contributed by atoms with Crippen LogP contribution in [-0.4, -0.2) is 87.5 Å². The lowest BCUT2D eigenvalue weighted by atomic mass is 9.99. The molecular formula is C59H99NO8. The lowest BCUT2D eigenvalue weighted by molar-refractivity contribution is -0.302. The highest BCUT2D eigenvalue weighted by Gasteiger charge is 2.44. The van der Waals surface area contributed by atoms with E-state index in [1.165, 1.54) is 77.0 Å². The first kappa shape index (κ1) is 62.9. The second-order valence-electron chi connectivity index (χ2n) is 18.3. The minimum Gasteiger partial charge on any atom is -0.394 e. The van der Waals surface area contributed by atoms with Crippen molar-refractivity contribution in [3.63, 3.8) is 0 Å². The molecule has 1 aliphatic rings. The quantitative estimate of drug-likeness (QED) is 0.0261. The van der Waals surface area contributed by atoms with Crippen molar-refractivity contribution in [2.45, 2.75) is 243 Å². The minimum atomic E-state index is -1.57. The molecule has 1 saturated heterocycles. The average Bonchev–Trinajstić information content (AvgIpc) is 3.34. The number of aliphatic hydroxyl groups excluding tert-OH is 5. The van der Waals surface area contributed by atoms with Crippen LogP contribution in [-0.2, 0) is 14.3 Å². The van der Waals surface area contributed by atoms with Crippen LogP contribution >= 0.6 is 0 Å². The molecule has 0 aromatic rings. The number of rotatable bonds is 44. The van der Waals surface area contributed by atoms with Crippen LogP contribution in [0.15, 0.2) is 109 Å². The van der Waals surface area contributed by atoms with E-state index in [2.05, 4.69) is 116 Å². The van der Waals surface area contributed by atoms with Gasteiger partial charge in [0.05, 0.1) is 25.4 Å². The predicted octanol–water partition coefficient (Wildman–Crippen LogP) is 13.0. The fourth-order valence-electron chi connectivity index (χ4n) is 7.82. The first-order valence-electron chi connectivity index (χ1n) is 27.1. The third-order valence-electron chi connectivity index (χ3n) is 12.1. The summed E-state index contributed by atoms with van der Waals surface area (Å²) in [6.45, 7) is 3.56. The molecule has 0 aromatic heterocycles. The molecule has 0 aromatic carbocycles. The monoisotopic (exact) mass is 950 g/mol. The summed E-state index contributed by atoms with van der Waals surface area (Å²) in [4.78, 5) is 12.9. The van der Waals surface area contributed by atoms with Gasteiger partial charge in [0.2, 0.25) is 5.91 Å². The van der Waals surface area contributed by atoms with E-state index in [0.29, 0.717) is 6.42 Å². The van der Waals surface area contributed by atoms with Crippen LogP contribution in [0.3, 0.4) is 0 Å². The number of hydrogen-bond donors (Lipinski definition) is 6. The number of aliphatic hydroxyl groups is 5. The van der Waals surface area contributed by atoms with E-state index in [-0.39, 0.29) is 12.5 Å². The fraction of sp³-hybridized carbons (Fsp3) is 0.678. The smallest absolute Gasteiger partial charge is 0.220 e. The molecule has 9 heteroatoms. The zero-order valence-corrected chi connectivity index (χ0v) is 42.8. The molecule has 9 nitrogen and oxygen atoms in total. The van der Waals surface area contributed by atoms with E-state index >= 15 is 0 Å². The van der Waals surface area contributed by atoms with Crippen molar-refractivity contribution in [1.82, 2.24) is 5.32 Å². The van der Waals surface area contributed by atoms with Gasteiger partial charge in [0, 0.05) is 6.42 Å². The zero-order valence-electron chi connectivity index (χ0n) is 42.8. The maximum Gasteiger partial charge on any atom is 0.220 e. The van der Waals surface area contributed by atoms with Gasteiger partial charge in [-0.1, -0.05) is 220 Å². The Bertz CT molecular complexity index is 1430. The van der Waals surface area contributed by atoms with Crippen LogP contribution in [0.2, 0.25) is 0 Å². The molecule has 68 heavy (non-hydrogen) atoms. The van der Waals surface area contributed by atoms with Gasteiger partial charge >= 0.3 is 0 Å². The molecule has 7 unspecified atom stereocenters. The highest BCUT2D eigenvalue weighted by Crippen LogP contribution is 2.23. The highest BCUT2D eigenvalue weighted by molar-refractivity contribution is 5.76.